The summed E-state index contributed by atoms with van der Waals surface area (Å²) in [5.41, 5.74) is 6.80. The van der Waals surface area contributed by atoms with E-state index in [1.165, 1.54) is 0 Å². The van der Waals surface area contributed by atoms with Gasteiger partial charge in [-0.1, -0.05) is 29.4 Å². The van der Waals surface area contributed by atoms with Crippen LogP contribution in [0, 0.1) is 5.92 Å². The van der Waals surface area contributed by atoms with E-state index in [4.69, 9.17) is 9.57 Å². The lowest BCUT2D eigenvalue weighted by atomic mass is 9.75. The van der Waals surface area contributed by atoms with Gasteiger partial charge >= 0.3 is 0 Å². The van der Waals surface area contributed by atoms with E-state index in [9.17, 15) is 4.79 Å². The van der Waals surface area contributed by atoms with Crippen LogP contribution < -0.4 is 10.2 Å². The summed E-state index contributed by atoms with van der Waals surface area (Å²) in [6.07, 6.45) is 4.50. The Kier molecular flexibility index (Phi) is 5.89. The van der Waals surface area contributed by atoms with Gasteiger partial charge in [0.25, 0.3) is 5.91 Å². The number of nitrogens with zero attached hydrogens (tertiary/aromatic N) is 2. The van der Waals surface area contributed by atoms with Gasteiger partial charge < -0.3 is 9.57 Å². The Labute approximate surface area is 182 Å². The minimum Gasteiger partial charge on any atom is -0.497 e. The average Bonchev–Trinajstić information content (AvgIpc) is 3.22. The summed E-state index contributed by atoms with van der Waals surface area (Å²) in [4.78, 5) is 18.3. The fraction of sp³-hybridized carbons (Fsp3) is 0.320. The molecule has 4 rings (SSSR count). The molecule has 1 amide bonds. The molecule has 6 nitrogen and oxygen atoms in total. The highest BCUT2D eigenvalue weighted by atomic mass is 16.7. The van der Waals surface area contributed by atoms with E-state index in [2.05, 4.69) is 28.7 Å². The molecule has 160 valence electrons. The highest BCUT2D eigenvalue weighted by Crippen LogP contribution is 2.40. The van der Waals surface area contributed by atoms with E-state index in [0.29, 0.717) is 5.56 Å². The lowest BCUT2D eigenvalue weighted by Crippen LogP contribution is -2.38. The molecular formula is C25H27N3O3. The number of methoxy groups -OCH3 is 1. The molecule has 0 saturated heterocycles. The fourth-order valence-electron chi connectivity index (χ4n) is 4.00. The van der Waals surface area contributed by atoms with E-state index in [1.807, 2.05) is 49.4 Å². The molecule has 2 aromatic rings. The van der Waals surface area contributed by atoms with Crippen LogP contribution in [0.3, 0.4) is 0 Å². The third kappa shape index (κ3) is 4.53. The number of allylic oxidation sites excluding steroid dienone is 2. The number of oxime groups is 1. The third-order valence-electron chi connectivity index (χ3n) is 6.10. The van der Waals surface area contributed by atoms with Gasteiger partial charge in [0, 0.05) is 17.9 Å². The predicted molar refractivity (Wildman–Crippen MR) is 121 cm³/mol. The second-order valence-electron chi connectivity index (χ2n) is 8.24. The number of carbonyl (C=O) groups excluding carboxylic acids is 1. The Hall–Kier alpha value is -3.41. The zero-order valence-corrected chi connectivity index (χ0v) is 18.1. The van der Waals surface area contributed by atoms with E-state index < -0.39 is 5.60 Å². The van der Waals surface area contributed by atoms with Crippen molar-refractivity contribution in [3.63, 3.8) is 0 Å². The molecule has 6 heteroatoms. The maximum absolute atomic E-state index is 12.4. The zero-order valence-electron chi connectivity index (χ0n) is 18.1. The zero-order chi connectivity index (χ0) is 21.8. The summed E-state index contributed by atoms with van der Waals surface area (Å²) in [7, 11) is 1.66. The van der Waals surface area contributed by atoms with Crippen LogP contribution in [0.2, 0.25) is 0 Å². The molecule has 1 aliphatic carbocycles. The first-order valence-electron chi connectivity index (χ1n) is 10.5. The quantitative estimate of drug-likeness (QED) is 0.716. The fourth-order valence-corrected chi connectivity index (χ4v) is 4.00. The molecule has 2 aromatic carbocycles. The van der Waals surface area contributed by atoms with Gasteiger partial charge in [0.05, 0.1) is 18.5 Å². The normalized spacial score (nSPS) is 24.2. The number of carbonyl (C=O) groups is 1. The van der Waals surface area contributed by atoms with E-state index in [0.717, 1.165) is 47.6 Å². The van der Waals surface area contributed by atoms with Gasteiger partial charge in [0.2, 0.25) is 0 Å². The SMILES string of the molecule is COc1ccc(C2=NOC(C)([C@H]3CC=C(C)/C(=N\NC(=O)c4ccccc4)C3)C2)cc1. The number of hydrogen-bond acceptors (Lipinski definition) is 5. The van der Waals surface area contributed by atoms with Gasteiger partial charge in [-0.25, -0.2) is 5.43 Å². The predicted octanol–water partition coefficient (Wildman–Crippen LogP) is 4.72. The van der Waals surface area contributed by atoms with E-state index >= 15 is 0 Å². The Bertz CT molecular complexity index is 1040. The number of ether oxygens (including phenoxy) is 1. The molecule has 0 radical (unpaired) electrons. The number of amides is 1. The van der Waals surface area contributed by atoms with Gasteiger partial charge in [0.1, 0.15) is 11.4 Å². The largest absolute Gasteiger partial charge is 0.497 e. The molecule has 2 aliphatic rings. The Morgan fingerprint density at radius 3 is 2.65 bits per heavy atom. The van der Waals surface area contributed by atoms with Gasteiger partial charge in [-0.2, -0.15) is 5.10 Å². The van der Waals surface area contributed by atoms with Gasteiger partial charge in [-0.3, -0.25) is 4.79 Å². The lowest BCUT2D eigenvalue weighted by Gasteiger charge is -2.34. The summed E-state index contributed by atoms with van der Waals surface area (Å²) >= 11 is 0. The van der Waals surface area contributed by atoms with Crippen molar-refractivity contribution in [1.29, 1.82) is 0 Å². The molecule has 0 fully saturated rings. The van der Waals surface area contributed by atoms with E-state index in [1.54, 1.807) is 19.2 Å². The van der Waals surface area contributed by atoms with Crippen molar-refractivity contribution in [3.05, 3.63) is 77.4 Å². The van der Waals surface area contributed by atoms with Crippen molar-refractivity contribution in [1.82, 2.24) is 5.43 Å². The van der Waals surface area contributed by atoms with Crippen molar-refractivity contribution >= 4 is 17.3 Å². The smallest absolute Gasteiger partial charge is 0.271 e. The molecule has 0 saturated carbocycles. The summed E-state index contributed by atoms with van der Waals surface area (Å²) < 4.78 is 5.24. The molecule has 0 spiro atoms. The maximum atomic E-state index is 12.4. The van der Waals surface area contributed by atoms with Crippen LogP contribution in [0.1, 0.15) is 49.0 Å². The minimum atomic E-state index is -0.420. The molecule has 1 aliphatic heterocycles. The van der Waals surface area contributed by atoms with Crippen LogP contribution in [0.15, 0.2) is 76.5 Å². The van der Waals surface area contributed by atoms with Crippen molar-refractivity contribution in [2.24, 2.45) is 16.2 Å². The van der Waals surface area contributed by atoms with E-state index in [-0.39, 0.29) is 11.8 Å². The van der Waals surface area contributed by atoms with Crippen LogP contribution in [-0.4, -0.2) is 30.0 Å². The Morgan fingerprint density at radius 2 is 1.94 bits per heavy atom. The standard InChI is InChI=1S/C25H27N3O3/c1-17-9-12-20(15-22(17)26-27-24(29)19-7-5-4-6-8-19)25(2)16-23(28-31-25)18-10-13-21(30-3)14-11-18/h4-11,13-14,20H,12,15-16H2,1-3H3,(H,27,29)/b26-22-/t20-,25?/m0/s1. The summed E-state index contributed by atoms with van der Waals surface area (Å²) in [6.45, 7) is 4.13. The van der Waals surface area contributed by atoms with Crippen molar-refractivity contribution in [2.75, 3.05) is 7.11 Å². The molecule has 1 heterocycles. The highest BCUT2D eigenvalue weighted by molar-refractivity contribution is 6.03. The van der Waals surface area contributed by atoms with Crippen molar-refractivity contribution < 1.29 is 14.4 Å². The van der Waals surface area contributed by atoms with Crippen LogP contribution in [0.4, 0.5) is 0 Å². The molecular weight excluding hydrogens is 390 g/mol. The molecule has 1 N–H and O–H groups in total. The van der Waals surface area contributed by atoms with Crippen molar-refractivity contribution in [3.8, 4) is 5.75 Å². The molecule has 31 heavy (non-hydrogen) atoms. The van der Waals surface area contributed by atoms with Crippen LogP contribution in [0.5, 0.6) is 5.75 Å². The average molecular weight is 418 g/mol. The summed E-state index contributed by atoms with van der Waals surface area (Å²) in [5.74, 6) is 0.817. The van der Waals surface area contributed by atoms with Crippen LogP contribution in [0.25, 0.3) is 0 Å². The number of nitrogens with one attached hydrogen (secondary N) is 1. The first-order valence-corrected chi connectivity index (χ1v) is 10.5. The molecule has 0 aromatic heterocycles. The number of hydrogen-bond donors (Lipinski definition) is 1. The summed E-state index contributed by atoms with van der Waals surface area (Å²) in [5, 5.41) is 8.82. The minimum absolute atomic E-state index is 0.211. The lowest BCUT2D eigenvalue weighted by molar-refractivity contribution is -0.0470. The Morgan fingerprint density at radius 1 is 1.19 bits per heavy atom. The van der Waals surface area contributed by atoms with Gasteiger partial charge in [0.15, 0.2) is 0 Å². The van der Waals surface area contributed by atoms with Crippen LogP contribution in [-0.2, 0) is 4.84 Å². The first kappa shape index (κ1) is 20.8. The Balaban J connectivity index is 1.43. The first-order chi connectivity index (χ1) is 15.0. The van der Waals surface area contributed by atoms with Gasteiger partial charge in [-0.15, -0.1) is 0 Å². The topological polar surface area (TPSA) is 72.3 Å². The second-order valence-corrected chi connectivity index (χ2v) is 8.24. The monoisotopic (exact) mass is 417 g/mol. The second kappa shape index (κ2) is 8.76. The number of benzene rings is 2. The van der Waals surface area contributed by atoms with Crippen molar-refractivity contribution in [2.45, 2.75) is 38.7 Å². The highest BCUT2D eigenvalue weighted by Gasteiger charge is 2.43. The molecule has 1 unspecified atom stereocenters. The molecule has 0 bridgehead atoms. The summed E-state index contributed by atoms with van der Waals surface area (Å²) in [6, 6.07) is 17.0. The number of rotatable bonds is 5. The maximum Gasteiger partial charge on any atom is 0.271 e. The molecule has 2 atom stereocenters. The number of hydrazone groups is 1. The third-order valence-corrected chi connectivity index (χ3v) is 6.10. The van der Waals surface area contributed by atoms with Crippen LogP contribution >= 0.6 is 0 Å². The van der Waals surface area contributed by atoms with Gasteiger partial charge in [-0.05, 0) is 74.2 Å².